The van der Waals surface area contributed by atoms with Crippen LogP contribution in [-0.4, -0.2) is 8.32 Å². The van der Waals surface area contributed by atoms with Gasteiger partial charge in [-0.15, -0.1) is 0 Å². The molecular formula is C21H26OSi. The largest absolute Gasteiger partial charge is 0.406 e. The summed E-state index contributed by atoms with van der Waals surface area (Å²) in [6, 6.07) is 17.1. The van der Waals surface area contributed by atoms with Gasteiger partial charge >= 0.3 is 0 Å². The molecule has 1 unspecified atom stereocenters. The Morgan fingerprint density at radius 3 is 2.00 bits per heavy atom. The Balaban J connectivity index is 2.12. The molecule has 0 heterocycles. The van der Waals surface area contributed by atoms with E-state index < -0.39 is 8.32 Å². The van der Waals surface area contributed by atoms with Crippen molar-refractivity contribution in [3.8, 4) is 11.1 Å². The lowest BCUT2D eigenvalue weighted by atomic mass is 9.81. The lowest BCUT2D eigenvalue weighted by molar-refractivity contribution is 0.238. The van der Waals surface area contributed by atoms with Gasteiger partial charge in [-0.3, -0.25) is 0 Å². The lowest BCUT2D eigenvalue weighted by Gasteiger charge is -2.41. The van der Waals surface area contributed by atoms with Crippen molar-refractivity contribution < 1.29 is 4.43 Å². The molecule has 0 N–H and O–H groups in total. The van der Waals surface area contributed by atoms with Crippen LogP contribution < -0.4 is 0 Å². The molecule has 1 atom stereocenters. The summed E-state index contributed by atoms with van der Waals surface area (Å²) in [5.41, 5.74) is 6.10. The highest BCUT2D eigenvalue weighted by Gasteiger charge is 2.41. The number of fused-ring (bicyclic) bond motifs is 3. The molecule has 0 saturated heterocycles. The van der Waals surface area contributed by atoms with Gasteiger partial charge in [0.25, 0.3) is 0 Å². The molecule has 120 valence electrons. The van der Waals surface area contributed by atoms with E-state index in [4.69, 9.17) is 4.43 Å². The third kappa shape index (κ3) is 2.71. The fraction of sp³-hybridized carbons (Fsp3) is 0.333. The molecule has 23 heavy (non-hydrogen) atoms. The summed E-state index contributed by atoms with van der Waals surface area (Å²) in [6.07, 6.45) is -0.0398. The second-order valence-corrected chi connectivity index (χ2v) is 12.7. The highest BCUT2D eigenvalue weighted by Crippen LogP contribution is 2.49. The molecule has 2 aromatic rings. The van der Waals surface area contributed by atoms with E-state index in [1.54, 1.807) is 0 Å². The first-order valence-corrected chi connectivity index (χ1v) is 11.2. The topological polar surface area (TPSA) is 9.23 Å². The number of rotatable bonds is 2. The van der Waals surface area contributed by atoms with Crippen molar-refractivity contribution in [1.29, 1.82) is 0 Å². The number of benzene rings is 2. The zero-order valence-electron chi connectivity index (χ0n) is 14.8. The van der Waals surface area contributed by atoms with Gasteiger partial charge in [0, 0.05) is 0 Å². The first-order valence-electron chi connectivity index (χ1n) is 8.28. The van der Waals surface area contributed by atoms with E-state index in [9.17, 15) is 0 Å². The first kappa shape index (κ1) is 16.2. The van der Waals surface area contributed by atoms with Gasteiger partial charge < -0.3 is 4.43 Å². The van der Waals surface area contributed by atoms with Crippen molar-refractivity contribution in [3.63, 3.8) is 0 Å². The summed E-state index contributed by atoms with van der Waals surface area (Å²) < 4.78 is 6.78. The van der Waals surface area contributed by atoms with Crippen LogP contribution in [0.5, 0.6) is 0 Å². The van der Waals surface area contributed by atoms with Crippen LogP contribution in [0.4, 0.5) is 0 Å². The Bertz CT molecular complexity index is 752. The van der Waals surface area contributed by atoms with Gasteiger partial charge in [-0.1, -0.05) is 75.9 Å². The van der Waals surface area contributed by atoms with Crippen molar-refractivity contribution in [2.75, 3.05) is 0 Å². The minimum Gasteiger partial charge on any atom is -0.406 e. The van der Waals surface area contributed by atoms with E-state index in [0.717, 1.165) is 5.57 Å². The molecule has 1 nitrogen and oxygen atoms in total. The van der Waals surface area contributed by atoms with Crippen LogP contribution >= 0.6 is 0 Å². The highest BCUT2D eigenvalue weighted by atomic mass is 28.4. The van der Waals surface area contributed by atoms with Crippen molar-refractivity contribution in [3.05, 3.63) is 66.2 Å². The molecule has 1 aliphatic carbocycles. The van der Waals surface area contributed by atoms with Crippen LogP contribution in [-0.2, 0) is 4.43 Å². The normalized spacial score (nSPS) is 17.6. The third-order valence-corrected chi connectivity index (χ3v) is 9.78. The van der Waals surface area contributed by atoms with E-state index in [2.05, 4.69) is 89.0 Å². The average Bonchev–Trinajstić information content (AvgIpc) is 2.50. The zero-order chi connectivity index (χ0) is 16.8. The van der Waals surface area contributed by atoms with Crippen LogP contribution in [0.25, 0.3) is 16.7 Å². The molecule has 2 heteroatoms. The number of hydrogen-bond donors (Lipinski definition) is 0. The van der Waals surface area contributed by atoms with Crippen LogP contribution in [0.1, 0.15) is 38.0 Å². The smallest absolute Gasteiger partial charge is 0.193 e. The maximum absolute atomic E-state index is 6.78. The molecule has 0 radical (unpaired) electrons. The molecule has 0 spiro atoms. The average molecular weight is 323 g/mol. The molecule has 0 aliphatic heterocycles. The van der Waals surface area contributed by atoms with E-state index in [0.29, 0.717) is 0 Å². The molecule has 2 aromatic carbocycles. The van der Waals surface area contributed by atoms with Crippen LogP contribution in [0, 0.1) is 0 Å². The van der Waals surface area contributed by atoms with Gasteiger partial charge in [-0.2, -0.15) is 0 Å². The van der Waals surface area contributed by atoms with Gasteiger partial charge in [0.05, 0.1) is 6.10 Å². The fourth-order valence-corrected chi connectivity index (χ4v) is 4.12. The maximum atomic E-state index is 6.78. The van der Waals surface area contributed by atoms with Crippen molar-refractivity contribution in [2.24, 2.45) is 0 Å². The standard InChI is InChI=1S/C21H26OSi/c1-15-16-11-7-8-12-17(16)18-13-9-10-14-19(18)20(15)22-23(5,6)21(2,3)4/h7-14,20H,1H2,2-6H3. The molecule has 0 amide bonds. The van der Waals surface area contributed by atoms with Crippen LogP contribution in [0.15, 0.2) is 55.1 Å². The predicted octanol–water partition coefficient (Wildman–Crippen LogP) is 6.44. The summed E-state index contributed by atoms with van der Waals surface area (Å²) >= 11 is 0. The summed E-state index contributed by atoms with van der Waals surface area (Å²) in [4.78, 5) is 0. The summed E-state index contributed by atoms with van der Waals surface area (Å²) in [5.74, 6) is 0. The van der Waals surface area contributed by atoms with E-state index >= 15 is 0 Å². The van der Waals surface area contributed by atoms with Gasteiger partial charge in [-0.25, -0.2) is 0 Å². The predicted molar refractivity (Wildman–Crippen MR) is 102 cm³/mol. The molecule has 1 aliphatic rings. The zero-order valence-corrected chi connectivity index (χ0v) is 15.8. The lowest BCUT2D eigenvalue weighted by Crippen LogP contribution is -2.42. The molecule has 0 bridgehead atoms. The minimum atomic E-state index is -1.88. The van der Waals surface area contributed by atoms with Crippen LogP contribution in [0.2, 0.25) is 18.1 Å². The van der Waals surface area contributed by atoms with Gasteiger partial charge in [0.2, 0.25) is 0 Å². The Kier molecular flexibility index (Phi) is 3.86. The third-order valence-electron chi connectivity index (χ3n) is 5.34. The first-order chi connectivity index (χ1) is 10.7. The second kappa shape index (κ2) is 5.47. The highest BCUT2D eigenvalue weighted by molar-refractivity contribution is 6.74. The molecular weight excluding hydrogens is 296 g/mol. The fourth-order valence-electron chi connectivity index (χ4n) is 2.90. The van der Waals surface area contributed by atoms with E-state index in [-0.39, 0.29) is 11.1 Å². The molecule has 3 rings (SSSR count). The molecule has 0 fully saturated rings. The Labute approximate surface area is 141 Å². The van der Waals surface area contributed by atoms with Crippen molar-refractivity contribution in [1.82, 2.24) is 0 Å². The van der Waals surface area contributed by atoms with Gasteiger partial charge in [0.15, 0.2) is 8.32 Å². The van der Waals surface area contributed by atoms with Crippen molar-refractivity contribution in [2.45, 2.75) is 45.0 Å². The van der Waals surface area contributed by atoms with E-state index in [1.165, 1.54) is 22.3 Å². The molecule has 0 saturated carbocycles. The Morgan fingerprint density at radius 1 is 0.870 bits per heavy atom. The Hall–Kier alpha value is -1.64. The summed E-state index contributed by atoms with van der Waals surface area (Å²) in [5, 5.41) is 0.180. The van der Waals surface area contributed by atoms with E-state index in [1.807, 2.05) is 0 Å². The van der Waals surface area contributed by atoms with Crippen LogP contribution in [0.3, 0.4) is 0 Å². The SMILES string of the molecule is C=C1c2ccccc2-c2ccccc2C1O[Si](C)(C)C(C)(C)C. The van der Waals surface area contributed by atoms with Crippen molar-refractivity contribution >= 4 is 13.9 Å². The van der Waals surface area contributed by atoms with Gasteiger partial charge in [0.1, 0.15) is 0 Å². The Morgan fingerprint density at radius 2 is 1.39 bits per heavy atom. The quantitative estimate of drug-likeness (QED) is 0.578. The minimum absolute atomic E-state index is 0.0398. The maximum Gasteiger partial charge on any atom is 0.193 e. The summed E-state index contributed by atoms with van der Waals surface area (Å²) in [6.45, 7) is 15.9. The second-order valence-electron chi connectivity index (χ2n) is 7.92. The summed E-state index contributed by atoms with van der Waals surface area (Å²) in [7, 11) is -1.88. The molecule has 0 aromatic heterocycles. The van der Waals surface area contributed by atoms with Gasteiger partial charge in [-0.05, 0) is 46.0 Å². The number of hydrogen-bond acceptors (Lipinski definition) is 1. The monoisotopic (exact) mass is 322 g/mol.